The molecule has 0 unspecified atom stereocenters. The summed E-state index contributed by atoms with van der Waals surface area (Å²) in [7, 11) is 3.16. The maximum atomic E-state index is 12.6. The van der Waals surface area contributed by atoms with Crippen molar-refractivity contribution in [2.24, 2.45) is 0 Å². The van der Waals surface area contributed by atoms with E-state index in [-0.39, 0.29) is 30.4 Å². The molecule has 0 bridgehead atoms. The minimum Gasteiger partial charge on any atom is -0.493 e. The summed E-state index contributed by atoms with van der Waals surface area (Å²) in [5, 5.41) is 4.53. The van der Waals surface area contributed by atoms with Gasteiger partial charge in [-0.2, -0.15) is 4.98 Å². The molecule has 2 heterocycles. The third kappa shape index (κ3) is 5.22. The summed E-state index contributed by atoms with van der Waals surface area (Å²) in [6.45, 7) is 1.16. The number of methoxy groups -OCH3 is 2. The second-order valence-corrected chi connectivity index (χ2v) is 8.49. The smallest absolute Gasteiger partial charge is 0.230 e. The van der Waals surface area contributed by atoms with Crippen LogP contribution in [0.1, 0.15) is 47.8 Å². The number of carbonyl (C=O) groups is 2. The fourth-order valence-corrected chi connectivity index (χ4v) is 4.31. The van der Waals surface area contributed by atoms with Crippen molar-refractivity contribution < 1.29 is 23.6 Å². The lowest BCUT2D eigenvalue weighted by atomic mass is 9.96. The maximum absolute atomic E-state index is 12.6. The van der Waals surface area contributed by atoms with E-state index in [4.69, 9.17) is 25.6 Å². The highest BCUT2D eigenvalue weighted by Crippen LogP contribution is 2.33. The average molecular weight is 484 g/mol. The van der Waals surface area contributed by atoms with Gasteiger partial charge in [0, 0.05) is 43.0 Å². The zero-order valence-electron chi connectivity index (χ0n) is 19.1. The van der Waals surface area contributed by atoms with Gasteiger partial charge in [0.15, 0.2) is 17.3 Å². The molecular formula is C25H26ClN3O5. The number of ketones is 1. The number of amides is 1. The van der Waals surface area contributed by atoms with Gasteiger partial charge in [0.25, 0.3) is 0 Å². The predicted octanol–water partition coefficient (Wildman–Crippen LogP) is 4.78. The number of Topliss-reactive ketones (excluding diaryl/α,β-unsaturated/α-hetero) is 1. The Morgan fingerprint density at radius 3 is 2.50 bits per heavy atom. The Hall–Kier alpha value is -3.39. The Bertz CT molecular complexity index is 1170. The minimum atomic E-state index is -0.123. The number of nitrogens with zero attached hydrogens (tertiary/aromatic N) is 3. The monoisotopic (exact) mass is 483 g/mol. The van der Waals surface area contributed by atoms with E-state index >= 15 is 0 Å². The lowest BCUT2D eigenvalue weighted by molar-refractivity contribution is -0.132. The normalized spacial score (nSPS) is 14.1. The van der Waals surface area contributed by atoms with Crippen LogP contribution in [-0.2, 0) is 4.79 Å². The van der Waals surface area contributed by atoms with Gasteiger partial charge in [-0.15, -0.1) is 0 Å². The van der Waals surface area contributed by atoms with Gasteiger partial charge in [0.05, 0.1) is 19.2 Å². The molecule has 0 radical (unpaired) electrons. The van der Waals surface area contributed by atoms with Gasteiger partial charge in [-0.05, 0) is 43.2 Å². The molecule has 1 fully saturated rings. The molecule has 3 aromatic rings. The van der Waals surface area contributed by atoms with Gasteiger partial charge in [0.1, 0.15) is 0 Å². The first kappa shape index (κ1) is 23.8. The Balaban J connectivity index is 1.31. The fraction of sp³-hybridized carbons (Fsp3) is 0.360. The van der Waals surface area contributed by atoms with Crippen LogP contribution in [0.25, 0.3) is 11.4 Å². The lowest BCUT2D eigenvalue weighted by Gasteiger charge is -2.30. The van der Waals surface area contributed by atoms with E-state index in [9.17, 15) is 9.59 Å². The molecule has 4 rings (SSSR count). The van der Waals surface area contributed by atoms with Crippen LogP contribution in [0.4, 0.5) is 0 Å². The number of halogens is 1. The average Bonchev–Trinajstić information content (AvgIpc) is 3.37. The van der Waals surface area contributed by atoms with E-state index in [1.807, 2.05) is 6.07 Å². The van der Waals surface area contributed by atoms with Crippen molar-refractivity contribution in [2.45, 2.75) is 31.6 Å². The molecule has 178 valence electrons. The van der Waals surface area contributed by atoms with Crippen LogP contribution in [-0.4, -0.2) is 54.0 Å². The maximum Gasteiger partial charge on any atom is 0.230 e. The zero-order chi connectivity index (χ0) is 24.1. The quantitative estimate of drug-likeness (QED) is 0.425. The van der Waals surface area contributed by atoms with Crippen molar-refractivity contribution in [3.8, 4) is 22.9 Å². The molecule has 1 aliphatic heterocycles. The molecule has 9 heteroatoms. The molecule has 0 spiro atoms. The minimum absolute atomic E-state index is 0.0320. The summed E-state index contributed by atoms with van der Waals surface area (Å²) >= 11 is 6.08. The van der Waals surface area contributed by atoms with Crippen molar-refractivity contribution in [3.05, 3.63) is 58.9 Å². The Morgan fingerprint density at radius 2 is 1.79 bits per heavy atom. The highest BCUT2D eigenvalue weighted by molar-refractivity contribution is 6.34. The van der Waals surface area contributed by atoms with Crippen LogP contribution < -0.4 is 9.47 Å². The highest BCUT2D eigenvalue weighted by Gasteiger charge is 2.28. The van der Waals surface area contributed by atoms with Crippen LogP contribution in [0.5, 0.6) is 11.5 Å². The summed E-state index contributed by atoms with van der Waals surface area (Å²) in [6, 6.07) is 12.3. The van der Waals surface area contributed by atoms with E-state index < -0.39 is 0 Å². The molecule has 8 nitrogen and oxygen atoms in total. The van der Waals surface area contributed by atoms with Crippen LogP contribution in [0.3, 0.4) is 0 Å². The first-order valence-electron chi connectivity index (χ1n) is 11.1. The van der Waals surface area contributed by atoms with Crippen LogP contribution in [0, 0.1) is 0 Å². The Labute approximate surface area is 202 Å². The first-order chi connectivity index (χ1) is 16.5. The van der Waals surface area contributed by atoms with Crippen molar-refractivity contribution in [1.29, 1.82) is 0 Å². The molecule has 1 aromatic heterocycles. The van der Waals surface area contributed by atoms with Crippen molar-refractivity contribution in [2.75, 3.05) is 27.3 Å². The third-order valence-electron chi connectivity index (χ3n) is 6.02. The number of hydrogen-bond acceptors (Lipinski definition) is 7. The molecule has 0 aliphatic carbocycles. The van der Waals surface area contributed by atoms with Crippen molar-refractivity contribution in [1.82, 2.24) is 15.0 Å². The van der Waals surface area contributed by atoms with Gasteiger partial charge in [-0.3, -0.25) is 9.59 Å². The number of carbonyl (C=O) groups excluding carboxylic acids is 2. The SMILES string of the molecule is COc1ccc(-c2noc(C3CCN(C(=O)CCC(=O)c4ccccc4Cl)CC3)n2)cc1OC. The van der Waals surface area contributed by atoms with Crippen molar-refractivity contribution >= 4 is 23.3 Å². The van der Waals surface area contributed by atoms with Crippen LogP contribution in [0.2, 0.25) is 5.02 Å². The predicted molar refractivity (Wildman–Crippen MR) is 126 cm³/mol. The Kier molecular flexibility index (Phi) is 7.47. The number of rotatable bonds is 8. The molecule has 2 aromatic carbocycles. The van der Waals surface area contributed by atoms with Gasteiger partial charge >= 0.3 is 0 Å². The summed E-state index contributed by atoms with van der Waals surface area (Å²) in [5.74, 6) is 2.18. The highest BCUT2D eigenvalue weighted by atomic mass is 35.5. The summed E-state index contributed by atoms with van der Waals surface area (Å²) in [6.07, 6.45) is 1.75. The van der Waals surface area contributed by atoms with Gasteiger partial charge in [-0.1, -0.05) is 28.9 Å². The molecular weight excluding hydrogens is 458 g/mol. The molecule has 0 atom stereocenters. The molecule has 0 saturated carbocycles. The molecule has 1 aliphatic rings. The number of hydrogen-bond donors (Lipinski definition) is 0. The number of aromatic nitrogens is 2. The fourth-order valence-electron chi connectivity index (χ4n) is 4.07. The van der Waals surface area contributed by atoms with E-state index in [0.717, 1.165) is 18.4 Å². The molecule has 34 heavy (non-hydrogen) atoms. The third-order valence-corrected chi connectivity index (χ3v) is 6.35. The van der Waals surface area contributed by atoms with Crippen LogP contribution in [0.15, 0.2) is 47.0 Å². The summed E-state index contributed by atoms with van der Waals surface area (Å²) < 4.78 is 16.1. The Morgan fingerprint density at radius 1 is 1.06 bits per heavy atom. The number of ether oxygens (including phenoxy) is 2. The molecule has 1 amide bonds. The van der Waals surface area contributed by atoms with E-state index in [1.54, 1.807) is 55.5 Å². The summed E-state index contributed by atoms with van der Waals surface area (Å²) in [5.41, 5.74) is 1.22. The number of likely N-dealkylation sites (tertiary alicyclic amines) is 1. The van der Waals surface area contributed by atoms with E-state index in [0.29, 0.717) is 46.9 Å². The topological polar surface area (TPSA) is 94.8 Å². The zero-order valence-corrected chi connectivity index (χ0v) is 19.9. The second-order valence-electron chi connectivity index (χ2n) is 8.08. The van der Waals surface area contributed by atoms with E-state index in [2.05, 4.69) is 10.1 Å². The largest absolute Gasteiger partial charge is 0.493 e. The molecule has 1 saturated heterocycles. The van der Waals surface area contributed by atoms with E-state index in [1.165, 1.54) is 0 Å². The standard InChI is InChI=1S/C25H26ClN3O5/c1-32-21-9-7-17(15-22(21)33-2)24-27-25(34-28-24)16-11-13-29(14-12-16)23(31)10-8-20(30)18-5-3-4-6-19(18)26/h3-7,9,15-16H,8,10-14H2,1-2H3. The first-order valence-corrected chi connectivity index (χ1v) is 11.5. The molecule has 0 N–H and O–H groups in total. The van der Waals surface area contributed by atoms with Crippen molar-refractivity contribution in [3.63, 3.8) is 0 Å². The van der Waals surface area contributed by atoms with Gasteiger partial charge in [0.2, 0.25) is 17.6 Å². The van der Waals surface area contributed by atoms with Gasteiger partial charge in [-0.25, -0.2) is 0 Å². The number of piperidine rings is 1. The van der Waals surface area contributed by atoms with Crippen LogP contribution >= 0.6 is 11.6 Å². The lowest BCUT2D eigenvalue weighted by Crippen LogP contribution is -2.38. The van der Waals surface area contributed by atoms with Gasteiger partial charge < -0.3 is 18.9 Å². The number of benzene rings is 2. The summed E-state index contributed by atoms with van der Waals surface area (Å²) in [4.78, 5) is 31.4. The second kappa shape index (κ2) is 10.7.